The summed E-state index contributed by atoms with van der Waals surface area (Å²) in [7, 11) is 0. The predicted octanol–water partition coefficient (Wildman–Crippen LogP) is 4.04. The molecule has 0 amide bonds. The molecule has 2 aromatic carbocycles. The number of phenolic OH excluding ortho intramolecular Hbond substituents is 1. The normalized spacial score (nSPS) is 11.5. The topological polar surface area (TPSA) is 77.0 Å². The lowest BCUT2D eigenvalue weighted by atomic mass is 10.1. The predicted molar refractivity (Wildman–Crippen MR) is 90.5 cm³/mol. The van der Waals surface area contributed by atoms with Crippen molar-refractivity contribution in [3.63, 3.8) is 0 Å². The van der Waals surface area contributed by atoms with E-state index in [0.717, 1.165) is 16.5 Å². The van der Waals surface area contributed by atoms with E-state index in [2.05, 4.69) is 29.1 Å². The van der Waals surface area contributed by atoms with Crippen LogP contribution in [0.25, 0.3) is 33.7 Å². The lowest BCUT2D eigenvalue weighted by Crippen LogP contribution is -2.01. The minimum atomic E-state index is 0.124. The highest BCUT2D eigenvalue weighted by Crippen LogP contribution is 2.29. The highest BCUT2D eigenvalue weighted by atomic mass is 16.5. The van der Waals surface area contributed by atoms with Crippen LogP contribution < -0.4 is 0 Å². The summed E-state index contributed by atoms with van der Waals surface area (Å²) in [5.41, 5.74) is 2.43. The average Bonchev–Trinajstić information content (AvgIpc) is 3.21. The Kier molecular flexibility index (Phi) is 3.30. The summed E-state index contributed by atoms with van der Waals surface area (Å²) < 4.78 is 7.34. The van der Waals surface area contributed by atoms with Gasteiger partial charge in [0, 0.05) is 17.0 Å². The molecule has 0 aliphatic heterocycles. The fraction of sp³-hybridized carbons (Fsp3) is 0.167. The zero-order chi connectivity index (χ0) is 16.7. The second-order valence-corrected chi connectivity index (χ2v) is 5.90. The van der Waals surface area contributed by atoms with Gasteiger partial charge in [-0.3, -0.25) is 4.68 Å². The first-order chi connectivity index (χ1) is 11.6. The molecule has 24 heavy (non-hydrogen) atoms. The molecule has 4 aromatic rings. The largest absolute Gasteiger partial charge is 0.507 e. The Hall–Kier alpha value is -3.15. The number of aromatic nitrogens is 4. The molecule has 0 radical (unpaired) electrons. The quantitative estimate of drug-likeness (QED) is 0.616. The lowest BCUT2D eigenvalue weighted by Gasteiger charge is -2.06. The minimum absolute atomic E-state index is 0.124. The van der Waals surface area contributed by atoms with Gasteiger partial charge in [0.25, 0.3) is 5.89 Å². The van der Waals surface area contributed by atoms with Crippen molar-refractivity contribution in [3.8, 4) is 28.6 Å². The zero-order valence-electron chi connectivity index (χ0n) is 13.3. The van der Waals surface area contributed by atoms with Crippen LogP contribution in [-0.2, 0) is 0 Å². The molecule has 0 saturated carbocycles. The molecule has 0 aliphatic rings. The Morgan fingerprint density at radius 3 is 2.75 bits per heavy atom. The molecule has 0 unspecified atom stereocenters. The van der Waals surface area contributed by atoms with Crippen molar-refractivity contribution in [1.82, 2.24) is 19.9 Å². The van der Waals surface area contributed by atoms with E-state index >= 15 is 0 Å². The number of phenols is 1. The van der Waals surface area contributed by atoms with E-state index in [1.54, 1.807) is 18.2 Å². The van der Waals surface area contributed by atoms with Gasteiger partial charge in [-0.25, -0.2) is 0 Å². The van der Waals surface area contributed by atoms with Crippen LogP contribution in [-0.4, -0.2) is 25.0 Å². The van der Waals surface area contributed by atoms with Crippen molar-refractivity contribution in [1.29, 1.82) is 0 Å². The van der Waals surface area contributed by atoms with Crippen molar-refractivity contribution in [2.75, 3.05) is 0 Å². The fourth-order valence-corrected chi connectivity index (χ4v) is 2.71. The summed E-state index contributed by atoms with van der Waals surface area (Å²) in [4.78, 5) is 4.40. The second-order valence-electron chi connectivity index (χ2n) is 5.90. The highest BCUT2D eigenvalue weighted by Gasteiger charge is 2.14. The number of hydrogen-bond acceptors (Lipinski definition) is 5. The van der Waals surface area contributed by atoms with E-state index in [1.807, 2.05) is 35.1 Å². The minimum Gasteiger partial charge on any atom is -0.507 e. The average molecular weight is 320 g/mol. The van der Waals surface area contributed by atoms with Crippen LogP contribution in [0.15, 0.2) is 53.2 Å². The van der Waals surface area contributed by atoms with E-state index in [-0.39, 0.29) is 5.75 Å². The standard InChI is InChI=1S/C18H16N4O2/c1-11(2)22-15-8-7-12(9-13(15)10-19-22)18-20-17(21-24-18)14-5-3-4-6-16(14)23/h3-11,23H,1-2H3. The van der Waals surface area contributed by atoms with Gasteiger partial charge in [-0.15, -0.1) is 0 Å². The molecule has 0 aliphatic carbocycles. The molecule has 120 valence electrons. The zero-order valence-corrected chi connectivity index (χ0v) is 13.3. The Labute approximate surface area is 138 Å². The SMILES string of the molecule is CC(C)n1ncc2cc(-c3nc(-c4ccccc4O)no3)ccc21. The molecule has 4 rings (SSSR count). The second kappa shape index (κ2) is 5.49. The molecule has 6 heteroatoms. The van der Waals surface area contributed by atoms with Gasteiger partial charge < -0.3 is 9.63 Å². The van der Waals surface area contributed by atoms with Crippen molar-refractivity contribution >= 4 is 10.9 Å². The van der Waals surface area contributed by atoms with Crippen LogP contribution in [0.4, 0.5) is 0 Å². The first-order valence-corrected chi connectivity index (χ1v) is 7.73. The van der Waals surface area contributed by atoms with Crippen molar-refractivity contribution < 1.29 is 9.63 Å². The fourth-order valence-electron chi connectivity index (χ4n) is 2.71. The summed E-state index contributed by atoms with van der Waals surface area (Å²) in [6.45, 7) is 4.19. The van der Waals surface area contributed by atoms with Crippen molar-refractivity contribution in [3.05, 3.63) is 48.7 Å². The smallest absolute Gasteiger partial charge is 0.258 e. The Bertz CT molecular complexity index is 1020. The van der Waals surface area contributed by atoms with Gasteiger partial charge in [-0.05, 0) is 44.2 Å². The summed E-state index contributed by atoms with van der Waals surface area (Å²) in [6.07, 6.45) is 1.83. The third kappa shape index (κ3) is 2.32. The van der Waals surface area contributed by atoms with Crippen LogP contribution in [0.3, 0.4) is 0 Å². The van der Waals surface area contributed by atoms with Gasteiger partial charge in [0.05, 0.1) is 17.3 Å². The maximum absolute atomic E-state index is 9.91. The van der Waals surface area contributed by atoms with Gasteiger partial charge in [0.2, 0.25) is 5.82 Å². The molecular weight excluding hydrogens is 304 g/mol. The van der Waals surface area contributed by atoms with Gasteiger partial charge in [0.15, 0.2) is 0 Å². The van der Waals surface area contributed by atoms with E-state index < -0.39 is 0 Å². The number of benzene rings is 2. The Balaban J connectivity index is 1.75. The molecule has 2 aromatic heterocycles. The third-order valence-electron chi connectivity index (χ3n) is 3.90. The van der Waals surface area contributed by atoms with E-state index in [4.69, 9.17) is 4.52 Å². The number of nitrogens with zero attached hydrogens (tertiary/aromatic N) is 4. The molecule has 0 fully saturated rings. The van der Waals surface area contributed by atoms with E-state index in [1.165, 1.54) is 0 Å². The Morgan fingerprint density at radius 1 is 1.12 bits per heavy atom. The number of aromatic hydroxyl groups is 1. The monoisotopic (exact) mass is 320 g/mol. The maximum atomic E-state index is 9.91. The van der Waals surface area contributed by atoms with Crippen LogP contribution in [0, 0.1) is 0 Å². The molecule has 0 bridgehead atoms. The molecule has 6 nitrogen and oxygen atoms in total. The molecule has 0 saturated heterocycles. The highest BCUT2D eigenvalue weighted by molar-refractivity contribution is 5.83. The van der Waals surface area contributed by atoms with Crippen LogP contribution >= 0.6 is 0 Å². The van der Waals surface area contributed by atoms with Crippen molar-refractivity contribution in [2.24, 2.45) is 0 Å². The first-order valence-electron chi connectivity index (χ1n) is 7.73. The van der Waals surface area contributed by atoms with Crippen LogP contribution in [0.5, 0.6) is 5.75 Å². The maximum Gasteiger partial charge on any atom is 0.258 e. The summed E-state index contributed by atoms with van der Waals surface area (Å²) in [5.74, 6) is 0.895. The first kappa shape index (κ1) is 14.4. The van der Waals surface area contributed by atoms with Gasteiger partial charge >= 0.3 is 0 Å². The van der Waals surface area contributed by atoms with Gasteiger partial charge in [-0.1, -0.05) is 17.3 Å². The van der Waals surface area contributed by atoms with E-state index in [9.17, 15) is 5.11 Å². The van der Waals surface area contributed by atoms with Crippen LogP contribution in [0.2, 0.25) is 0 Å². The van der Waals surface area contributed by atoms with Gasteiger partial charge in [0.1, 0.15) is 5.75 Å². The number of rotatable bonds is 3. The van der Waals surface area contributed by atoms with Crippen LogP contribution in [0.1, 0.15) is 19.9 Å². The molecule has 1 N–H and O–H groups in total. The van der Waals surface area contributed by atoms with Crippen molar-refractivity contribution in [2.45, 2.75) is 19.9 Å². The molecule has 2 heterocycles. The summed E-state index contributed by atoms with van der Waals surface area (Å²) in [6, 6.07) is 13.1. The van der Waals surface area contributed by atoms with E-state index in [0.29, 0.717) is 23.3 Å². The summed E-state index contributed by atoms with van der Waals surface area (Å²) >= 11 is 0. The summed E-state index contributed by atoms with van der Waals surface area (Å²) in [5, 5.41) is 19.3. The molecule has 0 atom stereocenters. The molecular formula is C18H16N4O2. The number of para-hydroxylation sites is 1. The number of hydrogen-bond donors (Lipinski definition) is 1. The number of fused-ring (bicyclic) bond motifs is 1. The third-order valence-corrected chi connectivity index (χ3v) is 3.90. The Morgan fingerprint density at radius 2 is 1.96 bits per heavy atom. The lowest BCUT2D eigenvalue weighted by molar-refractivity contribution is 0.431. The van der Waals surface area contributed by atoms with Gasteiger partial charge in [-0.2, -0.15) is 10.1 Å². The molecule has 0 spiro atoms.